The van der Waals surface area contributed by atoms with Crippen molar-refractivity contribution >= 4 is 17.4 Å². The SMILES string of the molecule is FC(F)(F)Sc1ccc(NC2CCCc3occc32)cc1. The second-order valence-corrected chi connectivity index (χ2v) is 6.10. The summed E-state index contributed by atoms with van der Waals surface area (Å²) < 4.78 is 42.3. The highest BCUT2D eigenvalue weighted by Crippen LogP contribution is 2.38. The molecule has 1 heterocycles. The molecule has 2 aromatic rings. The van der Waals surface area contributed by atoms with Gasteiger partial charge in [-0.1, -0.05) is 0 Å². The zero-order valence-corrected chi connectivity index (χ0v) is 11.9. The molecule has 0 spiro atoms. The van der Waals surface area contributed by atoms with Gasteiger partial charge < -0.3 is 9.73 Å². The molecule has 1 aromatic heterocycles. The van der Waals surface area contributed by atoms with Crippen LogP contribution in [0.3, 0.4) is 0 Å². The van der Waals surface area contributed by atoms with Gasteiger partial charge in [0.2, 0.25) is 0 Å². The third-order valence-electron chi connectivity index (χ3n) is 3.48. The van der Waals surface area contributed by atoms with Gasteiger partial charge in [-0.2, -0.15) is 13.2 Å². The molecular formula is C15H14F3NOS. The van der Waals surface area contributed by atoms with Crippen LogP contribution in [0.15, 0.2) is 45.9 Å². The second kappa shape index (κ2) is 5.67. The van der Waals surface area contributed by atoms with E-state index in [-0.39, 0.29) is 22.7 Å². The molecule has 1 N–H and O–H groups in total. The van der Waals surface area contributed by atoms with Crippen molar-refractivity contribution in [2.45, 2.75) is 35.7 Å². The summed E-state index contributed by atoms with van der Waals surface area (Å²) in [6.07, 6.45) is 4.67. The Kier molecular flexibility index (Phi) is 3.89. The zero-order valence-electron chi connectivity index (χ0n) is 11.1. The van der Waals surface area contributed by atoms with Crippen molar-refractivity contribution in [3.63, 3.8) is 0 Å². The molecule has 2 nitrogen and oxygen atoms in total. The smallest absolute Gasteiger partial charge is 0.446 e. The number of nitrogens with one attached hydrogen (secondary N) is 1. The molecular weight excluding hydrogens is 299 g/mol. The quantitative estimate of drug-likeness (QED) is 0.770. The van der Waals surface area contributed by atoms with Crippen molar-refractivity contribution in [1.82, 2.24) is 0 Å². The van der Waals surface area contributed by atoms with E-state index in [1.807, 2.05) is 6.07 Å². The first kappa shape index (κ1) is 14.4. The van der Waals surface area contributed by atoms with Crippen LogP contribution in [-0.4, -0.2) is 5.51 Å². The minimum Gasteiger partial charge on any atom is -0.469 e. The highest BCUT2D eigenvalue weighted by Gasteiger charge is 2.29. The minimum atomic E-state index is -4.25. The van der Waals surface area contributed by atoms with Crippen molar-refractivity contribution < 1.29 is 17.6 Å². The van der Waals surface area contributed by atoms with Crippen LogP contribution in [0.25, 0.3) is 0 Å². The molecule has 1 aliphatic rings. The van der Waals surface area contributed by atoms with E-state index in [2.05, 4.69) is 5.32 Å². The van der Waals surface area contributed by atoms with E-state index >= 15 is 0 Å². The number of hydrogen-bond donors (Lipinski definition) is 1. The first-order valence-corrected chi connectivity index (χ1v) is 7.51. The molecule has 0 radical (unpaired) electrons. The fourth-order valence-electron chi connectivity index (χ4n) is 2.59. The molecule has 21 heavy (non-hydrogen) atoms. The molecule has 1 aromatic carbocycles. The van der Waals surface area contributed by atoms with Crippen LogP contribution in [0.1, 0.15) is 30.2 Å². The summed E-state index contributed by atoms with van der Waals surface area (Å²) in [6.45, 7) is 0. The molecule has 0 aliphatic heterocycles. The summed E-state index contributed by atoms with van der Waals surface area (Å²) in [4.78, 5) is 0.195. The largest absolute Gasteiger partial charge is 0.469 e. The van der Waals surface area contributed by atoms with E-state index in [0.717, 1.165) is 36.3 Å². The number of anilines is 1. The summed E-state index contributed by atoms with van der Waals surface area (Å²) in [7, 11) is 0. The Balaban J connectivity index is 1.69. The van der Waals surface area contributed by atoms with Crippen LogP contribution in [-0.2, 0) is 6.42 Å². The molecule has 1 atom stereocenters. The van der Waals surface area contributed by atoms with Gasteiger partial charge >= 0.3 is 5.51 Å². The fourth-order valence-corrected chi connectivity index (χ4v) is 3.13. The van der Waals surface area contributed by atoms with Crippen molar-refractivity contribution in [3.8, 4) is 0 Å². The van der Waals surface area contributed by atoms with Gasteiger partial charge in [0, 0.05) is 22.6 Å². The lowest BCUT2D eigenvalue weighted by atomic mass is 9.93. The highest BCUT2D eigenvalue weighted by molar-refractivity contribution is 8.00. The zero-order chi connectivity index (χ0) is 14.9. The average molecular weight is 313 g/mol. The third kappa shape index (κ3) is 3.56. The van der Waals surface area contributed by atoms with Crippen molar-refractivity contribution in [2.75, 3.05) is 5.32 Å². The molecule has 0 saturated heterocycles. The first-order chi connectivity index (χ1) is 10.0. The molecule has 3 rings (SSSR count). The Bertz CT molecular complexity index is 606. The maximum atomic E-state index is 12.3. The number of aryl methyl sites for hydroxylation is 1. The summed E-state index contributed by atoms with van der Waals surface area (Å²) in [6, 6.07) is 8.46. The number of rotatable bonds is 3. The van der Waals surface area contributed by atoms with E-state index < -0.39 is 5.51 Å². The predicted octanol–water partition coefficient (Wildman–Crippen LogP) is 5.38. The number of hydrogen-bond acceptors (Lipinski definition) is 3. The van der Waals surface area contributed by atoms with Gasteiger partial charge in [0.25, 0.3) is 0 Å². The lowest BCUT2D eigenvalue weighted by molar-refractivity contribution is -0.0328. The highest BCUT2D eigenvalue weighted by atomic mass is 32.2. The van der Waals surface area contributed by atoms with Crippen LogP contribution in [0, 0.1) is 0 Å². The molecule has 0 saturated carbocycles. The van der Waals surface area contributed by atoms with Gasteiger partial charge in [0.15, 0.2) is 0 Å². The summed E-state index contributed by atoms with van der Waals surface area (Å²) in [5.74, 6) is 1.00. The standard InChI is InChI=1S/C15H14F3NOS/c16-15(17,18)21-11-6-4-10(5-7-11)19-13-2-1-3-14-12(13)8-9-20-14/h4-9,13,19H,1-3H2. The Morgan fingerprint density at radius 3 is 2.62 bits per heavy atom. The molecule has 1 unspecified atom stereocenters. The number of benzene rings is 1. The van der Waals surface area contributed by atoms with Crippen molar-refractivity contribution in [2.24, 2.45) is 0 Å². The monoisotopic (exact) mass is 313 g/mol. The minimum absolute atomic E-state index is 0.0973. The Morgan fingerprint density at radius 1 is 1.14 bits per heavy atom. The number of furan rings is 1. The van der Waals surface area contributed by atoms with E-state index in [1.54, 1.807) is 18.4 Å². The maximum Gasteiger partial charge on any atom is 0.446 e. The lowest BCUT2D eigenvalue weighted by Crippen LogP contribution is -2.15. The number of thioether (sulfide) groups is 1. The van der Waals surface area contributed by atoms with Crippen LogP contribution in [0.4, 0.5) is 18.9 Å². The van der Waals surface area contributed by atoms with Gasteiger partial charge in [-0.3, -0.25) is 0 Å². The van der Waals surface area contributed by atoms with Crippen LogP contribution in [0.5, 0.6) is 0 Å². The summed E-state index contributed by atoms with van der Waals surface area (Å²) in [5, 5.41) is 3.36. The Hall–Kier alpha value is -1.56. The van der Waals surface area contributed by atoms with Gasteiger partial charge in [0.1, 0.15) is 5.76 Å². The third-order valence-corrected chi connectivity index (χ3v) is 4.22. The van der Waals surface area contributed by atoms with Crippen LogP contribution < -0.4 is 5.32 Å². The van der Waals surface area contributed by atoms with Gasteiger partial charge in [-0.15, -0.1) is 0 Å². The molecule has 0 fully saturated rings. The lowest BCUT2D eigenvalue weighted by Gasteiger charge is -2.23. The van der Waals surface area contributed by atoms with Gasteiger partial charge in [-0.05, 0) is 54.9 Å². The summed E-state index contributed by atoms with van der Waals surface area (Å²) >= 11 is -0.0973. The number of halogens is 3. The van der Waals surface area contributed by atoms with Crippen LogP contribution in [0.2, 0.25) is 0 Å². The normalized spacial score (nSPS) is 18.3. The topological polar surface area (TPSA) is 25.2 Å². The van der Waals surface area contributed by atoms with Gasteiger partial charge in [-0.25, -0.2) is 0 Å². The van der Waals surface area contributed by atoms with Crippen molar-refractivity contribution in [1.29, 1.82) is 0 Å². The fraction of sp³-hybridized carbons (Fsp3) is 0.333. The average Bonchev–Trinajstić information content (AvgIpc) is 2.89. The summed E-state index contributed by atoms with van der Waals surface area (Å²) in [5.41, 5.74) is -2.28. The maximum absolute atomic E-state index is 12.3. The van der Waals surface area contributed by atoms with E-state index in [4.69, 9.17) is 4.42 Å². The number of alkyl halides is 3. The predicted molar refractivity (Wildman–Crippen MR) is 76.4 cm³/mol. The van der Waals surface area contributed by atoms with E-state index in [9.17, 15) is 13.2 Å². The molecule has 6 heteroatoms. The number of fused-ring (bicyclic) bond motifs is 1. The van der Waals surface area contributed by atoms with Crippen LogP contribution >= 0.6 is 11.8 Å². The molecule has 112 valence electrons. The Morgan fingerprint density at radius 2 is 1.90 bits per heavy atom. The Labute approximate surface area is 124 Å². The molecule has 0 amide bonds. The first-order valence-electron chi connectivity index (χ1n) is 6.70. The van der Waals surface area contributed by atoms with E-state index in [1.165, 1.54) is 12.1 Å². The van der Waals surface area contributed by atoms with E-state index in [0.29, 0.717) is 0 Å². The van der Waals surface area contributed by atoms with Crippen molar-refractivity contribution in [3.05, 3.63) is 47.9 Å². The molecule has 0 bridgehead atoms. The second-order valence-electron chi connectivity index (χ2n) is 4.96. The van der Waals surface area contributed by atoms with Gasteiger partial charge in [0.05, 0.1) is 12.3 Å². The molecule has 1 aliphatic carbocycles.